The van der Waals surface area contributed by atoms with Gasteiger partial charge in [0.2, 0.25) is 0 Å². The van der Waals surface area contributed by atoms with Crippen LogP contribution in [-0.4, -0.2) is 5.88 Å². The average Bonchev–Trinajstić information content (AvgIpc) is 1.37. The van der Waals surface area contributed by atoms with Crippen LogP contribution in [0, 0.1) is 6.92 Å². The maximum absolute atomic E-state index is 5.12. The molecule has 0 aromatic rings. The summed E-state index contributed by atoms with van der Waals surface area (Å²) in [5.74, 6) is 0.681. The van der Waals surface area contributed by atoms with Crippen LogP contribution in [0.4, 0.5) is 0 Å². The molecule has 0 atom stereocenters. The molecule has 2 heteroatoms. The third kappa shape index (κ3) is 10.7. The SMILES string of the molecule is [CH2-]CCCl.[K+]. The van der Waals surface area contributed by atoms with Gasteiger partial charge in [-0.1, -0.05) is 0 Å². The van der Waals surface area contributed by atoms with Crippen molar-refractivity contribution in [1.82, 2.24) is 0 Å². The van der Waals surface area contributed by atoms with Gasteiger partial charge in [-0.05, 0) is 5.88 Å². The Kier molecular flexibility index (Phi) is 18.7. The zero-order valence-electron chi connectivity index (χ0n) is 3.50. The molecule has 0 saturated heterocycles. The van der Waals surface area contributed by atoms with Gasteiger partial charge in [-0.2, -0.15) is 6.42 Å². The second-order valence-electron chi connectivity index (χ2n) is 0.543. The first-order valence-corrected chi connectivity index (χ1v) is 1.80. The van der Waals surface area contributed by atoms with E-state index in [9.17, 15) is 0 Å². The van der Waals surface area contributed by atoms with E-state index in [-0.39, 0.29) is 51.4 Å². The standard InChI is InChI=1S/C3H6Cl.K/c1-2-3-4;/h1-3H2;/q-1;+1. The van der Waals surface area contributed by atoms with Gasteiger partial charge in [-0.15, -0.1) is 11.6 Å². The van der Waals surface area contributed by atoms with Crippen LogP contribution in [0.3, 0.4) is 0 Å². The fourth-order valence-corrected chi connectivity index (χ4v) is 0. The van der Waals surface area contributed by atoms with E-state index in [4.69, 9.17) is 11.6 Å². The van der Waals surface area contributed by atoms with E-state index in [0.717, 1.165) is 6.42 Å². The van der Waals surface area contributed by atoms with Crippen molar-refractivity contribution in [2.24, 2.45) is 0 Å². The Balaban J connectivity index is 0. The van der Waals surface area contributed by atoms with Crippen molar-refractivity contribution >= 4 is 11.6 Å². The minimum Gasteiger partial charge on any atom is -0.342 e. The van der Waals surface area contributed by atoms with Crippen LogP contribution >= 0.6 is 11.6 Å². The first kappa shape index (κ1) is 10.0. The number of hydrogen-bond donors (Lipinski definition) is 0. The molecule has 26 valence electrons. The molecule has 0 nitrogen and oxygen atoms in total. The maximum Gasteiger partial charge on any atom is 1.00 e. The van der Waals surface area contributed by atoms with Crippen LogP contribution in [0.25, 0.3) is 0 Å². The Morgan fingerprint density at radius 1 is 1.60 bits per heavy atom. The van der Waals surface area contributed by atoms with Crippen molar-refractivity contribution in [3.05, 3.63) is 6.92 Å². The number of hydrogen-bond acceptors (Lipinski definition) is 0. The van der Waals surface area contributed by atoms with Crippen LogP contribution in [-0.2, 0) is 0 Å². The first-order valence-electron chi connectivity index (χ1n) is 1.27. The Morgan fingerprint density at radius 2 is 1.80 bits per heavy atom. The van der Waals surface area contributed by atoms with Crippen molar-refractivity contribution in [2.75, 3.05) is 5.88 Å². The summed E-state index contributed by atoms with van der Waals surface area (Å²) in [4.78, 5) is 0. The predicted octanol–water partition coefficient (Wildman–Crippen LogP) is -1.55. The summed E-state index contributed by atoms with van der Waals surface area (Å²) in [5.41, 5.74) is 0. The fraction of sp³-hybridized carbons (Fsp3) is 0.667. The zero-order valence-corrected chi connectivity index (χ0v) is 7.38. The Labute approximate surface area is 80.7 Å². The summed E-state index contributed by atoms with van der Waals surface area (Å²) in [6, 6.07) is 0. The minimum absolute atomic E-state index is 0. The molecular weight excluding hydrogens is 111 g/mol. The van der Waals surface area contributed by atoms with E-state index in [2.05, 4.69) is 6.92 Å². The Morgan fingerprint density at radius 3 is 1.80 bits per heavy atom. The number of rotatable bonds is 1. The molecule has 0 rings (SSSR count). The normalized spacial score (nSPS) is 6.00. The minimum atomic E-state index is 0. The largest absolute Gasteiger partial charge is 1.00 e. The molecule has 0 aliphatic heterocycles. The second-order valence-corrected chi connectivity index (χ2v) is 0.921. The number of alkyl halides is 1. The molecule has 0 aromatic carbocycles. The van der Waals surface area contributed by atoms with E-state index in [0.29, 0.717) is 5.88 Å². The van der Waals surface area contributed by atoms with Gasteiger partial charge in [0.05, 0.1) is 0 Å². The summed E-state index contributed by atoms with van der Waals surface area (Å²) in [5, 5.41) is 0. The van der Waals surface area contributed by atoms with Crippen LogP contribution < -0.4 is 51.4 Å². The maximum atomic E-state index is 5.12. The molecule has 5 heavy (non-hydrogen) atoms. The van der Waals surface area contributed by atoms with Gasteiger partial charge in [0.25, 0.3) is 0 Å². The molecule has 0 N–H and O–H groups in total. The molecule has 0 aromatic heterocycles. The third-order valence-corrected chi connectivity index (χ3v) is 0.401. The van der Waals surface area contributed by atoms with Crippen LogP contribution in [0.1, 0.15) is 6.42 Å². The predicted molar refractivity (Wildman–Crippen MR) is 20.7 cm³/mol. The quantitative estimate of drug-likeness (QED) is 0.221. The zero-order chi connectivity index (χ0) is 3.41. The summed E-state index contributed by atoms with van der Waals surface area (Å²) in [6.07, 6.45) is 0.835. The molecule has 0 unspecified atom stereocenters. The molecule has 0 amide bonds. The van der Waals surface area contributed by atoms with E-state index in [1.807, 2.05) is 0 Å². The average molecular weight is 117 g/mol. The fourth-order valence-electron chi connectivity index (χ4n) is 0. The van der Waals surface area contributed by atoms with E-state index in [1.165, 1.54) is 0 Å². The third-order valence-electron chi connectivity index (χ3n) is 0.134. The van der Waals surface area contributed by atoms with Crippen LogP contribution in [0.15, 0.2) is 0 Å². The molecule has 0 saturated carbocycles. The summed E-state index contributed by atoms with van der Waals surface area (Å²) >= 11 is 5.12. The van der Waals surface area contributed by atoms with Gasteiger partial charge in [0, 0.05) is 0 Å². The van der Waals surface area contributed by atoms with Crippen molar-refractivity contribution < 1.29 is 51.4 Å². The molecule has 0 heterocycles. The van der Waals surface area contributed by atoms with E-state index >= 15 is 0 Å². The van der Waals surface area contributed by atoms with Gasteiger partial charge >= 0.3 is 51.4 Å². The molecule has 0 radical (unpaired) electrons. The number of halogens is 1. The molecule has 0 spiro atoms. The van der Waals surface area contributed by atoms with E-state index in [1.54, 1.807) is 0 Å². The van der Waals surface area contributed by atoms with Gasteiger partial charge in [0.1, 0.15) is 0 Å². The second kappa shape index (κ2) is 9.33. The van der Waals surface area contributed by atoms with Crippen LogP contribution in [0.2, 0.25) is 0 Å². The van der Waals surface area contributed by atoms with Gasteiger partial charge in [-0.25, -0.2) is 0 Å². The van der Waals surface area contributed by atoms with Gasteiger partial charge < -0.3 is 6.92 Å². The molecule has 0 bridgehead atoms. The molecular formula is C3H6ClK. The smallest absolute Gasteiger partial charge is 0.342 e. The van der Waals surface area contributed by atoms with Crippen LogP contribution in [0.5, 0.6) is 0 Å². The van der Waals surface area contributed by atoms with Crippen molar-refractivity contribution in [3.8, 4) is 0 Å². The van der Waals surface area contributed by atoms with Crippen molar-refractivity contribution in [3.63, 3.8) is 0 Å². The topological polar surface area (TPSA) is 0 Å². The molecule has 0 aliphatic rings. The van der Waals surface area contributed by atoms with Crippen molar-refractivity contribution in [2.45, 2.75) is 6.42 Å². The van der Waals surface area contributed by atoms with Gasteiger partial charge in [-0.3, -0.25) is 0 Å². The monoisotopic (exact) mass is 116 g/mol. The Bertz CT molecular complexity index is 8.85. The van der Waals surface area contributed by atoms with E-state index < -0.39 is 0 Å². The van der Waals surface area contributed by atoms with Gasteiger partial charge in [0.15, 0.2) is 0 Å². The Hall–Kier alpha value is 1.93. The molecule has 0 aliphatic carbocycles. The molecule has 0 fully saturated rings. The van der Waals surface area contributed by atoms with Crippen molar-refractivity contribution in [1.29, 1.82) is 0 Å². The first-order chi connectivity index (χ1) is 1.91. The summed E-state index contributed by atoms with van der Waals surface area (Å²) in [7, 11) is 0. The summed E-state index contributed by atoms with van der Waals surface area (Å²) < 4.78 is 0. The summed E-state index contributed by atoms with van der Waals surface area (Å²) in [6.45, 7) is 3.47.